The molecule has 0 aliphatic heterocycles. The molecule has 0 bridgehead atoms. The zero-order chi connectivity index (χ0) is 21.0. The molecule has 1 unspecified atom stereocenters. The summed E-state index contributed by atoms with van der Waals surface area (Å²) in [4.78, 5) is 0. The van der Waals surface area contributed by atoms with E-state index in [4.69, 9.17) is 23.2 Å². The lowest BCUT2D eigenvalue weighted by Crippen LogP contribution is -2.07. The van der Waals surface area contributed by atoms with Crippen LogP contribution in [0, 0.1) is 0 Å². The first-order valence-electron chi connectivity index (χ1n) is 10.3. The third-order valence-electron chi connectivity index (χ3n) is 5.81. The van der Waals surface area contributed by atoms with Crippen LogP contribution in [0.5, 0.6) is 0 Å². The van der Waals surface area contributed by atoms with Crippen molar-refractivity contribution in [2.45, 2.75) is 31.1 Å². The maximum atomic E-state index is 9.26. The zero-order valence-corrected chi connectivity index (χ0v) is 18.3. The maximum absolute atomic E-state index is 9.26. The number of allylic oxidation sites excluding steroid dienone is 1. The van der Waals surface area contributed by atoms with Crippen LogP contribution in [0.15, 0.2) is 90.2 Å². The van der Waals surface area contributed by atoms with E-state index in [1.165, 1.54) is 11.1 Å². The molecule has 0 aromatic heterocycles. The first kappa shape index (κ1) is 21.0. The first-order chi connectivity index (χ1) is 14.6. The summed E-state index contributed by atoms with van der Waals surface area (Å²) in [6, 6.07) is 26.5. The minimum Gasteiger partial charge on any atom is -0.396 e. The topological polar surface area (TPSA) is 20.2 Å². The molecule has 1 nitrogen and oxygen atoms in total. The average Bonchev–Trinajstić information content (AvgIpc) is 3.48. The van der Waals surface area contributed by atoms with Crippen molar-refractivity contribution in [3.05, 3.63) is 117 Å². The van der Waals surface area contributed by atoms with Gasteiger partial charge in [-0.2, -0.15) is 0 Å². The van der Waals surface area contributed by atoms with Crippen LogP contribution in [0.25, 0.3) is 5.57 Å². The number of benzene rings is 3. The Hall–Kier alpha value is -2.28. The van der Waals surface area contributed by atoms with Gasteiger partial charge >= 0.3 is 0 Å². The van der Waals surface area contributed by atoms with E-state index in [0.29, 0.717) is 0 Å². The molecule has 3 heteroatoms. The lowest BCUT2D eigenvalue weighted by Gasteiger charge is -2.15. The van der Waals surface area contributed by atoms with Crippen molar-refractivity contribution in [2.24, 2.45) is 0 Å². The molecule has 0 radical (unpaired) electrons. The lowest BCUT2D eigenvalue weighted by atomic mass is 9.89. The Bertz CT molecular complexity index is 1010. The fraction of sp³-hybridized carbons (Fsp3) is 0.222. The summed E-state index contributed by atoms with van der Waals surface area (Å²) in [5.41, 5.74) is 9.64. The molecule has 1 N–H and O–H groups in total. The van der Waals surface area contributed by atoms with Crippen LogP contribution in [0.4, 0.5) is 0 Å². The van der Waals surface area contributed by atoms with Gasteiger partial charge in [0, 0.05) is 27.6 Å². The smallest absolute Gasteiger partial charge is 0.0431 e. The lowest BCUT2D eigenvalue weighted by molar-refractivity contribution is 0.281. The van der Waals surface area contributed by atoms with E-state index in [0.717, 1.165) is 52.4 Å². The summed E-state index contributed by atoms with van der Waals surface area (Å²) in [5, 5.41) is 10.7. The number of hydrogen-bond donors (Lipinski definition) is 1. The highest BCUT2D eigenvalue weighted by Crippen LogP contribution is 2.57. The van der Waals surface area contributed by atoms with Gasteiger partial charge < -0.3 is 5.11 Å². The quantitative estimate of drug-likeness (QED) is 0.302. The van der Waals surface area contributed by atoms with Crippen LogP contribution >= 0.6 is 23.2 Å². The summed E-state index contributed by atoms with van der Waals surface area (Å²) in [7, 11) is 0. The van der Waals surface area contributed by atoms with Gasteiger partial charge in [0.05, 0.1) is 0 Å². The van der Waals surface area contributed by atoms with Crippen molar-refractivity contribution in [3.63, 3.8) is 0 Å². The third-order valence-corrected chi connectivity index (χ3v) is 6.31. The Labute approximate surface area is 188 Å². The molecule has 0 heterocycles. The van der Waals surface area contributed by atoms with E-state index in [1.807, 2.05) is 48.5 Å². The molecule has 3 aromatic carbocycles. The first-order valence-corrected chi connectivity index (χ1v) is 11.1. The Morgan fingerprint density at radius 1 is 0.800 bits per heavy atom. The van der Waals surface area contributed by atoms with Crippen molar-refractivity contribution in [3.8, 4) is 0 Å². The highest BCUT2D eigenvalue weighted by atomic mass is 35.5. The number of hydrogen-bond acceptors (Lipinski definition) is 1. The molecule has 1 fully saturated rings. The molecule has 1 saturated carbocycles. The predicted octanol–water partition coefficient (Wildman–Crippen LogP) is 7.45. The van der Waals surface area contributed by atoms with Gasteiger partial charge in [-0.05, 0) is 72.2 Å². The van der Waals surface area contributed by atoms with Gasteiger partial charge in [-0.15, -0.1) is 5.73 Å². The van der Waals surface area contributed by atoms with E-state index >= 15 is 0 Å². The van der Waals surface area contributed by atoms with Crippen LogP contribution in [-0.2, 0) is 5.41 Å². The maximum Gasteiger partial charge on any atom is 0.0431 e. The fourth-order valence-electron chi connectivity index (χ4n) is 4.07. The van der Waals surface area contributed by atoms with E-state index in [9.17, 15) is 5.11 Å². The Kier molecular flexibility index (Phi) is 6.46. The highest BCUT2D eigenvalue weighted by molar-refractivity contribution is 6.31. The Morgan fingerprint density at radius 3 is 1.90 bits per heavy atom. The van der Waals surface area contributed by atoms with Crippen LogP contribution < -0.4 is 0 Å². The summed E-state index contributed by atoms with van der Waals surface area (Å²) in [5.74, 6) is 0. The molecule has 0 spiro atoms. The van der Waals surface area contributed by atoms with Gasteiger partial charge in [-0.25, -0.2) is 0 Å². The minimum absolute atomic E-state index is 0.0144. The molecule has 3 aromatic rings. The number of rotatable bonds is 7. The van der Waals surface area contributed by atoms with E-state index in [2.05, 4.69) is 36.1 Å². The number of unbranched alkanes of at least 4 members (excludes halogenated alkanes) is 1. The van der Waals surface area contributed by atoms with Crippen LogP contribution in [0.1, 0.15) is 42.4 Å². The summed E-state index contributed by atoms with van der Waals surface area (Å²) < 4.78 is 0. The third kappa shape index (κ3) is 4.56. The predicted molar refractivity (Wildman–Crippen MR) is 126 cm³/mol. The average molecular weight is 435 g/mol. The highest BCUT2D eigenvalue weighted by Gasteiger charge is 2.49. The molecule has 4 rings (SSSR count). The largest absolute Gasteiger partial charge is 0.396 e. The Balaban J connectivity index is 1.83. The molecular weight excluding hydrogens is 411 g/mol. The molecular formula is C27H24Cl2O. The number of aliphatic hydroxyl groups is 1. The van der Waals surface area contributed by atoms with Gasteiger partial charge in [-0.3, -0.25) is 0 Å². The van der Waals surface area contributed by atoms with Gasteiger partial charge in [0.15, 0.2) is 0 Å². The zero-order valence-electron chi connectivity index (χ0n) is 16.7. The van der Waals surface area contributed by atoms with Crippen molar-refractivity contribution in [1.82, 2.24) is 0 Å². The standard InChI is InChI=1S/C27H24Cl2O/c28-24-12-8-20(9-13-24)26(21-10-14-25(29)15-11-21)18-23-19-27(23,16-4-5-17-30)22-6-2-1-3-7-22/h1-3,6-15,30H,4-5,16-17,19H2. The van der Waals surface area contributed by atoms with Gasteiger partial charge in [-0.1, -0.05) is 77.8 Å². The molecule has 1 atom stereocenters. The summed E-state index contributed by atoms with van der Waals surface area (Å²) in [6.07, 6.45) is 3.84. The fourth-order valence-corrected chi connectivity index (χ4v) is 4.32. The molecule has 0 amide bonds. The molecule has 1 aliphatic rings. The molecule has 1 aliphatic carbocycles. The van der Waals surface area contributed by atoms with Crippen molar-refractivity contribution in [1.29, 1.82) is 0 Å². The van der Waals surface area contributed by atoms with Crippen LogP contribution in [-0.4, -0.2) is 11.7 Å². The van der Waals surface area contributed by atoms with Crippen molar-refractivity contribution >= 4 is 28.8 Å². The Morgan fingerprint density at radius 2 is 1.37 bits per heavy atom. The van der Waals surface area contributed by atoms with E-state index in [1.54, 1.807) is 0 Å². The second kappa shape index (κ2) is 9.25. The second-order valence-electron chi connectivity index (χ2n) is 7.80. The van der Waals surface area contributed by atoms with Gasteiger partial charge in [0.1, 0.15) is 0 Å². The second-order valence-corrected chi connectivity index (χ2v) is 8.67. The molecule has 30 heavy (non-hydrogen) atoms. The van der Waals surface area contributed by atoms with Crippen LogP contribution in [0.2, 0.25) is 10.0 Å². The monoisotopic (exact) mass is 434 g/mol. The summed E-state index contributed by atoms with van der Waals surface area (Å²) >= 11 is 12.2. The molecule has 0 saturated heterocycles. The van der Waals surface area contributed by atoms with E-state index in [-0.39, 0.29) is 12.0 Å². The van der Waals surface area contributed by atoms with Gasteiger partial charge in [0.25, 0.3) is 0 Å². The minimum atomic E-state index is 0.0144. The van der Waals surface area contributed by atoms with Crippen molar-refractivity contribution < 1.29 is 5.11 Å². The van der Waals surface area contributed by atoms with E-state index < -0.39 is 0 Å². The molecule has 152 valence electrons. The van der Waals surface area contributed by atoms with Crippen molar-refractivity contribution in [2.75, 3.05) is 6.61 Å². The SMILES string of the molecule is OCCCCC1(c2ccccc2)CC1=C=C(c1ccc(Cl)cc1)c1ccc(Cl)cc1. The number of halogens is 2. The van der Waals surface area contributed by atoms with Crippen LogP contribution in [0.3, 0.4) is 0 Å². The number of aliphatic hydroxyl groups excluding tert-OH is 1. The summed E-state index contributed by atoms with van der Waals surface area (Å²) in [6.45, 7) is 0.237. The van der Waals surface area contributed by atoms with Gasteiger partial charge in [0.2, 0.25) is 0 Å². The normalized spacial score (nSPS) is 17.5.